The zero-order valence-corrected chi connectivity index (χ0v) is 16.5. The van der Waals surface area contributed by atoms with Crippen LogP contribution in [0.5, 0.6) is 0 Å². The monoisotopic (exact) mass is 348 g/mol. The molecule has 0 aromatic heterocycles. The number of methoxy groups -OCH3 is 1. The highest BCUT2D eigenvalue weighted by molar-refractivity contribution is 5.26. The zero-order valence-electron chi connectivity index (χ0n) is 16.5. The van der Waals surface area contributed by atoms with Crippen LogP contribution in [0, 0.1) is 28.6 Å². The summed E-state index contributed by atoms with van der Waals surface area (Å²) in [6.07, 6.45) is 11.4. The maximum absolute atomic E-state index is 10.6. The molecule has 1 N–H and O–H groups in total. The Morgan fingerprint density at radius 1 is 1.12 bits per heavy atom. The molecule has 0 bridgehead atoms. The molecular formula is C22H36O3. The van der Waals surface area contributed by atoms with E-state index in [4.69, 9.17) is 9.47 Å². The van der Waals surface area contributed by atoms with Crippen molar-refractivity contribution in [3.05, 3.63) is 11.6 Å². The van der Waals surface area contributed by atoms with Crippen molar-refractivity contribution in [3.63, 3.8) is 0 Å². The largest absolute Gasteiger partial charge is 0.393 e. The average molecular weight is 349 g/mol. The first kappa shape index (κ1) is 18.0. The molecule has 7 unspecified atom stereocenters. The second-order valence-corrected chi connectivity index (χ2v) is 9.62. The molecule has 4 aliphatic rings. The summed E-state index contributed by atoms with van der Waals surface area (Å²) >= 11 is 0. The van der Waals surface area contributed by atoms with E-state index in [-0.39, 0.29) is 11.5 Å². The first-order valence-electron chi connectivity index (χ1n) is 10.5. The summed E-state index contributed by atoms with van der Waals surface area (Å²) in [5.74, 6) is 1.83. The third-order valence-corrected chi connectivity index (χ3v) is 8.84. The molecule has 25 heavy (non-hydrogen) atoms. The minimum atomic E-state index is -0.403. The fraction of sp³-hybridized carbons (Fsp3) is 0.909. The van der Waals surface area contributed by atoms with Gasteiger partial charge >= 0.3 is 0 Å². The lowest BCUT2D eigenvalue weighted by atomic mass is 9.47. The average Bonchev–Trinajstić information content (AvgIpc) is 2.91. The molecule has 0 amide bonds. The predicted octanol–water partition coefficient (Wildman–Crippen LogP) is 4.69. The van der Waals surface area contributed by atoms with Gasteiger partial charge in [-0.25, -0.2) is 0 Å². The summed E-state index contributed by atoms with van der Waals surface area (Å²) in [4.78, 5) is 0. The number of hydrogen-bond donors (Lipinski definition) is 1. The third-order valence-electron chi connectivity index (χ3n) is 8.84. The molecule has 3 fully saturated rings. The van der Waals surface area contributed by atoms with Gasteiger partial charge in [0.15, 0.2) is 5.79 Å². The van der Waals surface area contributed by atoms with Gasteiger partial charge in [0, 0.05) is 26.6 Å². The van der Waals surface area contributed by atoms with Crippen LogP contribution < -0.4 is 0 Å². The van der Waals surface area contributed by atoms with E-state index in [1.165, 1.54) is 32.1 Å². The molecule has 0 radical (unpaired) electrons. The van der Waals surface area contributed by atoms with Gasteiger partial charge in [-0.2, -0.15) is 0 Å². The highest BCUT2D eigenvalue weighted by Crippen LogP contribution is 2.65. The number of allylic oxidation sites excluding steroid dienone is 1. The van der Waals surface area contributed by atoms with Crippen LogP contribution in [-0.2, 0) is 9.47 Å². The van der Waals surface area contributed by atoms with E-state index in [9.17, 15) is 5.11 Å². The lowest BCUT2D eigenvalue weighted by Gasteiger charge is -2.58. The Balaban J connectivity index is 1.62. The topological polar surface area (TPSA) is 38.7 Å². The summed E-state index contributed by atoms with van der Waals surface area (Å²) in [6.45, 7) is 7.64. The van der Waals surface area contributed by atoms with Gasteiger partial charge in [-0.15, -0.1) is 0 Å². The summed E-state index contributed by atoms with van der Waals surface area (Å²) in [5, 5.41) is 10.6. The number of fused-ring (bicyclic) bond motifs is 5. The van der Waals surface area contributed by atoms with Crippen LogP contribution in [0.2, 0.25) is 0 Å². The third kappa shape index (κ3) is 2.49. The van der Waals surface area contributed by atoms with E-state index in [0.29, 0.717) is 17.9 Å². The Bertz CT molecular complexity index is 557. The summed E-state index contributed by atoms with van der Waals surface area (Å²) < 4.78 is 11.9. The Morgan fingerprint density at radius 2 is 1.92 bits per heavy atom. The van der Waals surface area contributed by atoms with Gasteiger partial charge in [0.25, 0.3) is 0 Å². The van der Waals surface area contributed by atoms with Crippen molar-refractivity contribution in [2.24, 2.45) is 28.6 Å². The van der Waals surface area contributed by atoms with E-state index >= 15 is 0 Å². The van der Waals surface area contributed by atoms with Crippen molar-refractivity contribution in [1.82, 2.24) is 0 Å². The zero-order chi connectivity index (χ0) is 17.9. The fourth-order valence-corrected chi connectivity index (χ4v) is 7.20. The molecule has 142 valence electrons. The molecule has 3 nitrogen and oxygen atoms in total. The van der Waals surface area contributed by atoms with Crippen LogP contribution >= 0.6 is 0 Å². The molecule has 0 aromatic rings. The van der Waals surface area contributed by atoms with Crippen molar-refractivity contribution in [2.45, 2.75) is 84.0 Å². The molecule has 7 atom stereocenters. The normalized spacial score (nSPS) is 52.1. The van der Waals surface area contributed by atoms with Crippen LogP contribution in [-0.4, -0.2) is 30.7 Å². The highest BCUT2D eigenvalue weighted by Gasteiger charge is 2.59. The summed E-state index contributed by atoms with van der Waals surface area (Å²) in [5.41, 5.74) is 2.05. The smallest absolute Gasteiger partial charge is 0.171 e. The summed E-state index contributed by atoms with van der Waals surface area (Å²) in [6, 6.07) is 0. The van der Waals surface area contributed by atoms with E-state index in [1.54, 1.807) is 12.7 Å². The van der Waals surface area contributed by atoms with Crippen LogP contribution in [0.1, 0.15) is 72.1 Å². The van der Waals surface area contributed by atoms with Gasteiger partial charge in [0.1, 0.15) is 0 Å². The van der Waals surface area contributed by atoms with Crippen LogP contribution in [0.4, 0.5) is 0 Å². The molecule has 0 aliphatic heterocycles. The molecule has 0 heterocycles. The van der Waals surface area contributed by atoms with Crippen LogP contribution in [0.3, 0.4) is 0 Å². The van der Waals surface area contributed by atoms with E-state index in [0.717, 1.165) is 31.1 Å². The minimum absolute atomic E-state index is 0.0814. The minimum Gasteiger partial charge on any atom is -0.393 e. The number of aliphatic hydroxyl groups excluding tert-OH is 1. The van der Waals surface area contributed by atoms with E-state index in [1.807, 2.05) is 0 Å². The first-order chi connectivity index (χ1) is 11.9. The van der Waals surface area contributed by atoms with Crippen LogP contribution in [0.25, 0.3) is 0 Å². The Kier molecular flexibility index (Phi) is 4.37. The fourth-order valence-electron chi connectivity index (χ4n) is 7.20. The van der Waals surface area contributed by atoms with Crippen molar-refractivity contribution in [3.8, 4) is 0 Å². The molecule has 0 spiro atoms. The van der Waals surface area contributed by atoms with Gasteiger partial charge < -0.3 is 14.6 Å². The van der Waals surface area contributed by atoms with Crippen molar-refractivity contribution in [2.75, 3.05) is 13.7 Å². The number of ether oxygens (including phenoxy) is 2. The van der Waals surface area contributed by atoms with Crippen molar-refractivity contribution < 1.29 is 14.6 Å². The van der Waals surface area contributed by atoms with E-state index in [2.05, 4.69) is 26.8 Å². The van der Waals surface area contributed by atoms with Gasteiger partial charge in [-0.3, -0.25) is 0 Å². The molecular weight excluding hydrogens is 312 g/mol. The van der Waals surface area contributed by atoms with Crippen LogP contribution in [0.15, 0.2) is 11.6 Å². The Hall–Kier alpha value is -0.380. The Morgan fingerprint density at radius 3 is 2.64 bits per heavy atom. The maximum Gasteiger partial charge on any atom is 0.171 e. The highest BCUT2D eigenvalue weighted by atomic mass is 16.7. The predicted molar refractivity (Wildman–Crippen MR) is 99.1 cm³/mol. The maximum atomic E-state index is 10.6. The molecule has 4 rings (SSSR count). The van der Waals surface area contributed by atoms with Gasteiger partial charge in [0.05, 0.1) is 6.10 Å². The van der Waals surface area contributed by atoms with Gasteiger partial charge in [0.2, 0.25) is 0 Å². The molecule has 3 heteroatoms. The second-order valence-electron chi connectivity index (χ2n) is 9.62. The Labute approximate surface area is 153 Å². The lowest BCUT2D eigenvalue weighted by molar-refractivity contribution is -0.239. The summed E-state index contributed by atoms with van der Waals surface area (Å²) in [7, 11) is 1.80. The number of aliphatic hydroxyl groups is 1. The lowest BCUT2D eigenvalue weighted by Crippen LogP contribution is -2.53. The number of rotatable bonds is 3. The van der Waals surface area contributed by atoms with E-state index < -0.39 is 5.79 Å². The molecule has 0 saturated heterocycles. The van der Waals surface area contributed by atoms with Gasteiger partial charge in [-0.05, 0) is 74.0 Å². The molecule has 3 saturated carbocycles. The first-order valence-corrected chi connectivity index (χ1v) is 10.5. The van der Waals surface area contributed by atoms with Crippen molar-refractivity contribution >= 4 is 0 Å². The SMILES string of the molecule is CCOC1(OC)CCC2(C)C(=CCC3C2CCC2(C)C(O)CCC32)C1. The second kappa shape index (κ2) is 6.07. The quantitative estimate of drug-likeness (QED) is 0.594. The van der Waals surface area contributed by atoms with Crippen molar-refractivity contribution in [1.29, 1.82) is 0 Å². The molecule has 4 aliphatic carbocycles. The van der Waals surface area contributed by atoms with Gasteiger partial charge in [-0.1, -0.05) is 25.5 Å². The number of hydrogen-bond acceptors (Lipinski definition) is 3. The molecule has 0 aromatic carbocycles. The standard InChI is InChI=1S/C22H36O3/c1-5-25-22(24-4)13-12-20(2)15(14-22)6-7-16-17-8-9-19(23)21(17,3)11-10-18(16)20/h6,16-19,23H,5,7-14H2,1-4H3.